The van der Waals surface area contributed by atoms with Crippen LogP contribution in [0.5, 0.6) is 0 Å². The molecule has 0 fully saturated rings. The lowest BCUT2D eigenvalue weighted by molar-refractivity contribution is -0.146. The molecule has 0 spiro atoms. The van der Waals surface area contributed by atoms with Crippen molar-refractivity contribution in [1.82, 2.24) is 19.8 Å². The van der Waals surface area contributed by atoms with Gasteiger partial charge in [0, 0.05) is 4.88 Å². The predicted octanol–water partition coefficient (Wildman–Crippen LogP) is 4.97. The first-order valence-corrected chi connectivity index (χ1v) is 9.52. The summed E-state index contributed by atoms with van der Waals surface area (Å²) in [5, 5.41) is 16.0. The molecule has 0 amide bonds. The third-order valence-electron chi connectivity index (χ3n) is 4.36. The van der Waals surface area contributed by atoms with E-state index in [1.165, 1.54) is 11.6 Å². The van der Waals surface area contributed by atoms with E-state index in [-0.39, 0.29) is 11.7 Å². The summed E-state index contributed by atoms with van der Waals surface area (Å²) >= 11 is 1.57. The second kappa shape index (κ2) is 7.23. The Balaban J connectivity index is 1.72. The number of nitrogens with one attached hydrogen (secondary N) is 1. The highest BCUT2D eigenvalue weighted by atomic mass is 32.1. The first kappa shape index (κ1) is 18.4. The van der Waals surface area contributed by atoms with Crippen molar-refractivity contribution in [3.8, 4) is 0 Å². The zero-order chi connectivity index (χ0) is 19.7. The lowest BCUT2D eigenvalue weighted by atomic mass is 10.0. The van der Waals surface area contributed by atoms with Gasteiger partial charge in [-0.2, -0.15) is 17.7 Å². The smallest absolute Gasteiger partial charge is 0.357 e. The number of nitrogens with zero attached hydrogens (tertiary/aromatic N) is 4. The fourth-order valence-corrected chi connectivity index (χ4v) is 3.71. The molecule has 3 aromatic heterocycles. The number of fused-ring (bicyclic) bond motifs is 1. The van der Waals surface area contributed by atoms with Crippen LogP contribution in [0.4, 0.5) is 19.0 Å². The number of hydrogen-bond donors (Lipinski definition) is 1. The van der Waals surface area contributed by atoms with Gasteiger partial charge in [0.1, 0.15) is 5.82 Å². The van der Waals surface area contributed by atoms with Crippen LogP contribution < -0.4 is 5.32 Å². The van der Waals surface area contributed by atoms with Crippen LogP contribution in [0.15, 0.2) is 53.9 Å². The summed E-state index contributed by atoms with van der Waals surface area (Å²) in [6.07, 6.45) is -3.70. The van der Waals surface area contributed by atoms with Crippen molar-refractivity contribution in [2.24, 2.45) is 0 Å². The highest BCUT2D eigenvalue weighted by Crippen LogP contribution is 2.31. The summed E-state index contributed by atoms with van der Waals surface area (Å²) in [4.78, 5) is 1.03. The second-order valence-corrected chi connectivity index (χ2v) is 7.18. The van der Waals surface area contributed by atoms with Crippen molar-refractivity contribution >= 4 is 22.8 Å². The van der Waals surface area contributed by atoms with E-state index < -0.39 is 12.0 Å². The molecule has 0 unspecified atom stereocenters. The van der Waals surface area contributed by atoms with Gasteiger partial charge in [-0.05, 0) is 41.1 Å². The first-order valence-electron chi connectivity index (χ1n) is 8.64. The van der Waals surface area contributed by atoms with Gasteiger partial charge in [0.15, 0.2) is 5.65 Å². The molecule has 1 N–H and O–H groups in total. The third kappa shape index (κ3) is 3.57. The molecule has 1 aromatic carbocycles. The van der Waals surface area contributed by atoms with Crippen molar-refractivity contribution in [2.45, 2.75) is 25.6 Å². The number of aromatic nitrogens is 4. The van der Waals surface area contributed by atoms with E-state index in [0.717, 1.165) is 16.9 Å². The summed E-state index contributed by atoms with van der Waals surface area (Å²) < 4.78 is 40.1. The molecule has 0 aliphatic rings. The van der Waals surface area contributed by atoms with E-state index in [1.54, 1.807) is 17.4 Å². The molecule has 0 aliphatic heterocycles. The highest BCUT2D eigenvalue weighted by molar-refractivity contribution is 7.10. The summed E-state index contributed by atoms with van der Waals surface area (Å²) in [5.41, 5.74) is 2.26. The Kier molecular flexibility index (Phi) is 4.76. The Morgan fingerprint density at radius 1 is 1.07 bits per heavy atom. The zero-order valence-corrected chi connectivity index (χ0v) is 15.6. The monoisotopic (exact) mass is 403 g/mol. The number of rotatable bonds is 5. The topological polar surface area (TPSA) is 55.1 Å². The van der Waals surface area contributed by atoms with Gasteiger partial charge in [0.25, 0.3) is 5.82 Å². The van der Waals surface area contributed by atoms with Gasteiger partial charge in [-0.15, -0.1) is 26.6 Å². The SMILES string of the molecule is CCc1ccc([C@H](Nc2ccc3nnc(C(F)(F)F)n3n2)c2cccs2)cc1. The van der Waals surface area contributed by atoms with Gasteiger partial charge in [-0.25, -0.2) is 0 Å². The fraction of sp³-hybridized carbons (Fsp3) is 0.211. The van der Waals surface area contributed by atoms with Gasteiger partial charge < -0.3 is 5.32 Å². The van der Waals surface area contributed by atoms with Gasteiger partial charge in [0.05, 0.1) is 6.04 Å². The van der Waals surface area contributed by atoms with Gasteiger partial charge in [-0.1, -0.05) is 37.3 Å². The Bertz CT molecular complexity index is 1070. The summed E-state index contributed by atoms with van der Waals surface area (Å²) in [7, 11) is 0. The van der Waals surface area contributed by atoms with Crippen molar-refractivity contribution in [1.29, 1.82) is 0 Å². The van der Waals surface area contributed by atoms with Crippen LogP contribution in [0.25, 0.3) is 5.65 Å². The fourth-order valence-electron chi connectivity index (χ4n) is 2.91. The van der Waals surface area contributed by atoms with Gasteiger partial charge in [0.2, 0.25) is 0 Å². The largest absolute Gasteiger partial charge is 0.453 e. The lowest BCUT2D eigenvalue weighted by Gasteiger charge is -2.19. The van der Waals surface area contributed by atoms with Crippen LogP contribution in [0, 0.1) is 0 Å². The average molecular weight is 403 g/mol. The van der Waals surface area contributed by atoms with Crippen molar-refractivity contribution < 1.29 is 13.2 Å². The normalized spacial score (nSPS) is 13.0. The zero-order valence-electron chi connectivity index (χ0n) is 14.8. The number of aryl methyl sites for hydroxylation is 1. The summed E-state index contributed by atoms with van der Waals surface area (Å²) in [6.45, 7) is 2.08. The van der Waals surface area contributed by atoms with Crippen LogP contribution in [0.2, 0.25) is 0 Å². The predicted molar refractivity (Wildman–Crippen MR) is 101 cm³/mol. The minimum atomic E-state index is -4.63. The van der Waals surface area contributed by atoms with E-state index in [1.807, 2.05) is 29.6 Å². The van der Waals surface area contributed by atoms with Crippen molar-refractivity contribution in [2.75, 3.05) is 5.32 Å². The quantitative estimate of drug-likeness (QED) is 0.511. The molecular formula is C19H16F3N5S. The third-order valence-corrected chi connectivity index (χ3v) is 5.29. The van der Waals surface area contributed by atoms with Crippen molar-refractivity contribution in [3.63, 3.8) is 0 Å². The van der Waals surface area contributed by atoms with E-state index >= 15 is 0 Å². The molecule has 144 valence electrons. The van der Waals surface area contributed by atoms with E-state index in [4.69, 9.17) is 0 Å². The van der Waals surface area contributed by atoms with E-state index in [2.05, 4.69) is 39.7 Å². The van der Waals surface area contributed by atoms with E-state index in [0.29, 0.717) is 10.3 Å². The van der Waals surface area contributed by atoms with Crippen LogP contribution >= 0.6 is 11.3 Å². The molecule has 0 radical (unpaired) electrons. The second-order valence-electron chi connectivity index (χ2n) is 6.20. The Morgan fingerprint density at radius 2 is 1.86 bits per heavy atom. The van der Waals surface area contributed by atoms with Gasteiger partial charge in [-0.3, -0.25) is 0 Å². The molecule has 0 saturated carbocycles. The molecule has 1 atom stereocenters. The molecule has 0 bridgehead atoms. The maximum absolute atomic E-state index is 13.1. The number of thiophene rings is 1. The maximum atomic E-state index is 13.1. The minimum Gasteiger partial charge on any atom is -0.357 e. The first-order chi connectivity index (χ1) is 13.5. The van der Waals surface area contributed by atoms with Gasteiger partial charge >= 0.3 is 6.18 Å². The van der Waals surface area contributed by atoms with E-state index in [9.17, 15) is 13.2 Å². The molecule has 3 heterocycles. The standard InChI is InChI=1S/C19H16F3N5S/c1-2-12-5-7-13(8-6-12)17(14-4-3-11-28-14)23-15-9-10-16-24-25-18(19(20,21)22)27(16)26-15/h3-11,17H,2H2,1H3,(H,23,26)/t17-/m0/s1. The minimum absolute atomic E-state index is 0.0397. The molecule has 0 aliphatic carbocycles. The van der Waals surface area contributed by atoms with Crippen LogP contribution in [-0.4, -0.2) is 19.8 Å². The molecule has 4 aromatic rings. The molecule has 0 saturated heterocycles. The number of anilines is 1. The van der Waals surface area contributed by atoms with Crippen LogP contribution in [-0.2, 0) is 12.6 Å². The van der Waals surface area contributed by atoms with Crippen LogP contribution in [0.3, 0.4) is 0 Å². The number of hydrogen-bond acceptors (Lipinski definition) is 5. The lowest BCUT2D eigenvalue weighted by Crippen LogP contribution is -2.16. The highest BCUT2D eigenvalue weighted by Gasteiger charge is 2.37. The summed E-state index contributed by atoms with van der Waals surface area (Å²) in [5.74, 6) is -0.845. The molecular weight excluding hydrogens is 387 g/mol. The maximum Gasteiger partial charge on any atom is 0.453 e. The average Bonchev–Trinajstić information content (AvgIpc) is 3.35. The Labute approximate surface area is 162 Å². The van der Waals surface area contributed by atoms with Crippen LogP contribution in [0.1, 0.15) is 34.8 Å². The molecule has 9 heteroatoms. The summed E-state index contributed by atoms with van der Waals surface area (Å²) in [6, 6.07) is 14.9. The number of halogens is 3. The molecule has 5 nitrogen and oxygen atoms in total. The molecule has 4 rings (SSSR count). The Hall–Kier alpha value is -2.94. The number of benzene rings is 1. The van der Waals surface area contributed by atoms with Crippen molar-refractivity contribution in [3.05, 3.63) is 75.7 Å². The molecule has 28 heavy (non-hydrogen) atoms. The Morgan fingerprint density at radius 3 is 2.50 bits per heavy atom. The number of alkyl halides is 3.